The third kappa shape index (κ3) is 4.08. The lowest BCUT2D eigenvalue weighted by molar-refractivity contribution is -0.116. The predicted molar refractivity (Wildman–Crippen MR) is 97.1 cm³/mol. The SMILES string of the molecule is O=C(/C=C/c1cccc2cccnc12)NCC#Cc1ccccc1. The van der Waals surface area contributed by atoms with Crippen LogP contribution in [0.3, 0.4) is 0 Å². The molecule has 3 heteroatoms. The van der Waals surface area contributed by atoms with Crippen molar-refractivity contribution in [2.45, 2.75) is 0 Å². The Labute approximate surface area is 141 Å². The lowest BCUT2D eigenvalue weighted by Gasteiger charge is -2.00. The van der Waals surface area contributed by atoms with E-state index in [1.807, 2.05) is 60.7 Å². The van der Waals surface area contributed by atoms with Crippen LogP contribution in [0.4, 0.5) is 0 Å². The normalized spacial score (nSPS) is 10.3. The molecule has 0 aliphatic carbocycles. The maximum Gasteiger partial charge on any atom is 0.244 e. The molecule has 2 aromatic carbocycles. The third-order valence-electron chi connectivity index (χ3n) is 3.44. The van der Waals surface area contributed by atoms with Crippen LogP contribution in [0.5, 0.6) is 0 Å². The van der Waals surface area contributed by atoms with Gasteiger partial charge in [0, 0.05) is 28.8 Å². The molecule has 0 unspecified atom stereocenters. The largest absolute Gasteiger partial charge is 0.342 e. The molecule has 1 aromatic heterocycles. The number of carbonyl (C=O) groups excluding carboxylic acids is 1. The Hall–Kier alpha value is -3.38. The molecule has 0 spiro atoms. The maximum absolute atomic E-state index is 11.9. The molecule has 1 heterocycles. The fraction of sp³-hybridized carbons (Fsp3) is 0.0476. The minimum Gasteiger partial charge on any atom is -0.342 e. The summed E-state index contributed by atoms with van der Waals surface area (Å²) in [5.41, 5.74) is 2.73. The molecule has 1 N–H and O–H groups in total. The van der Waals surface area contributed by atoms with E-state index in [0.717, 1.165) is 22.0 Å². The molecule has 0 saturated carbocycles. The highest BCUT2D eigenvalue weighted by Crippen LogP contribution is 2.16. The zero-order valence-corrected chi connectivity index (χ0v) is 13.1. The minimum atomic E-state index is -0.176. The topological polar surface area (TPSA) is 42.0 Å². The Kier molecular flexibility index (Phi) is 5.01. The van der Waals surface area contributed by atoms with Crippen molar-refractivity contribution in [2.24, 2.45) is 0 Å². The molecule has 24 heavy (non-hydrogen) atoms. The zero-order valence-electron chi connectivity index (χ0n) is 13.1. The highest BCUT2D eigenvalue weighted by atomic mass is 16.1. The van der Waals surface area contributed by atoms with Gasteiger partial charge in [0.05, 0.1) is 12.1 Å². The van der Waals surface area contributed by atoms with Gasteiger partial charge in [0.25, 0.3) is 0 Å². The summed E-state index contributed by atoms with van der Waals surface area (Å²) < 4.78 is 0. The summed E-state index contributed by atoms with van der Waals surface area (Å²) in [4.78, 5) is 16.2. The van der Waals surface area contributed by atoms with Gasteiger partial charge in [-0.3, -0.25) is 9.78 Å². The number of fused-ring (bicyclic) bond motifs is 1. The van der Waals surface area contributed by atoms with Gasteiger partial charge in [-0.2, -0.15) is 0 Å². The van der Waals surface area contributed by atoms with Gasteiger partial charge < -0.3 is 5.32 Å². The van der Waals surface area contributed by atoms with Crippen LogP contribution < -0.4 is 5.32 Å². The van der Waals surface area contributed by atoms with Crippen LogP contribution in [0.15, 0.2) is 72.9 Å². The van der Waals surface area contributed by atoms with Gasteiger partial charge in [-0.05, 0) is 24.3 Å². The summed E-state index contributed by atoms with van der Waals surface area (Å²) in [5, 5.41) is 3.80. The molecule has 0 aliphatic rings. The number of para-hydroxylation sites is 1. The minimum absolute atomic E-state index is 0.176. The van der Waals surface area contributed by atoms with Crippen molar-refractivity contribution in [3.05, 3.63) is 84.1 Å². The fourth-order valence-electron chi connectivity index (χ4n) is 2.29. The van der Waals surface area contributed by atoms with Crippen LogP contribution in [-0.2, 0) is 4.79 Å². The van der Waals surface area contributed by atoms with Gasteiger partial charge in [0.2, 0.25) is 5.91 Å². The smallest absolute Gasteiger partial charge is 0.244 e. The monoisotopic (exact) mass is 312 g/mol. The Morgan fingerprint density at radius 3 is 2.75 bits per heavy atom. The number of amides is 1. The highest BCUT2D eigenvalue weighted by Gasteiger charge is 1.99. The molecule has 3 aromatic rings. The van der Waals surface area contributed by atoms with Crippen molar-refractivity contribution in [3.63, 3.8) is 0 Å². The number of aromatic nitrogens is 1. The number of nitrogens with one attached hydrogen (secondary N) is 1. The molecule has 0 saturated heterocycles. The average molecular weight is 312 g/mol. The summed E-state index contributed by atoms with van der Waals surface area (Å²) >= 11 is 0. The number of rotatable bonds is 3. The first-order valence-corrected chi connectivity index (χ1v) is 7.66. The summed E-state index contributed by atoms with van der Waals surface area (Å²) in [6, 6.07) is 19.5. The standard InChI is InChI=1S/C21H16N2O/c24-20(22-15-5-9-17-7-2-1-3-8-17)14-13-19-11-4-10-18-12-6-16-23-21(18)19/h1-4,6-8,10-14,16H,15H2,(H,22,24)/b14-13+. The first-order chi connectivity index (χ1) is 11.8. The number of hydrogen-bond donors (Lipinski definition) is 1. The van der Waals surface area contributed by atoms with Crippen molar-refractivity contribution in [1.29, 1.82) is 0 Å². The molecule has 1 amide bonds. The van der Waals surface area contributed by atoms with Crippen LogP contribution in [0, 0.1) is 11.8 Å². The Morgan fingerprint density at radius 1 is 1.04 bits per heavy atom. The van der Waals surface area contributed by atoms with E-state index in [1.165, 1.54) is 6.08 Å². The molecular weight excluding hydrogens is 296 g/mol. The van der Waals surface area contributed by atoms with Gasteiger partial charge in [-0.15, -0.1) is 0 Å². The van der Waals surface area contributed by atoms with E-state index in [-0.39, 0.29) is 5.91 Å². The maximum atomic E-state index is 11.9. The lowest BCUT2D eigenvalue weighted by atomic mass is 10.1. The first-order valence-electron chi connectivity index (χ1n) is 7.66. The zero-order chi connectivity index (χ0) is 16.6. The number of carbonyl (C=O) groups is 1. The second-order valence-corrected chi connectivity index (χ2v) is 5.14. The van der Waals surface area contributed by atoms with Crippen molar-refractivity contribution < 1.29 is 4.79 Å². The van der Waals surface area contributed by atoms with Crippen LogP contribution in [0.1, 0.15) is 11.1 Å². The molecule has 116 valence electrons. The summed E-state index contributed by atoms with van der Waals surface area (Å²) in [6.07, 6.45) is 5.03. The van der Waals surface area contributed by atoms with E-state index < -0.39 is 0 Å². The quantitative estimate of drug-likeness (QED) is 0.595. The van der Waals surface area contributed by atoms with Gasteiger partial charge in [-0.1, -0.05) is 54.3 Å². The second kappa shape index (κ2) is 7.75. The van der Waals surface area contributed by atoms with Crippen LogP contribution in [-0.4, -0.2) is 17.4 Å². The van der Waals surface area contributed by atoms with Crippen molar-refractivity contribution in [2.75, 3.05) is 6.54 Å². The molecule has 3 nitrogen and oxygen atoms in total. The van der Waals surface area contributed by atoms with E-state index >= 15 is 0 Å². The Balaban J connectivity index is 1.60. The van der Waals surface area contributed by atoms with Crippen LogP contribution >= 0.6 is 0 Å². The van der Waals surface area contributed by atoms with Gasteiger partial charge in [-0.25, -0.2) is 0 Å². The molecule has 3 rings (SSSR count). The molecule has 0 radical (unpaired) electrons. The van der Waals surface area contributed by atoms with Gasteiger partial charge >= 0.3 is 0 Å². The van der Waals surface area contributed by atoms with Crippen molar-refractivity contribution >= 4 is 22.9 Å². The molecule has 0 aliphatic heterocycles. The number of benzene rings is 2. The van der Waals surface area contributed by atoms with Crippen molar-refractivity contribution in [3.8, 4) is 11.8 Å². The van der Waals surface area contributed by atoms with Crippen LogP contribution in [0.2, 0.25) is 0 Å². The van der Waals surface area contributed by atoms with E-state index in [9.17, 15) is 4.79 Å². The Bertz CT molecular complexity index is 929. The van der Waals surface area contributed by atoms with Gasteiger partial charge in [0.15, 0.2) is 0 Å². The molecule has 0 fully saturated rings. The predicted octanol–water partition coefficient (Wildman–Crippen LogP) is 3.42. The van der Waals surface area contributed by atoms with Gasteiger partial charge in [0.1, 0.15) is 0 Å². The third-order valence-corrected chi connectivity index (χ3v) is 3.44. The van der Waals surface area contributed by atoms with E-state index in [0.29, 0.717) is 6.54 Å². The summed E-state index contributed by atoms with van der Waals surface area (Å²) in [6.45, 7) is 0.311. The Morgan fingerprint density at radius 2 is 1.88 bits per heavy atom. The average Bonchev–Trinajstić information content (AvgIpc) is 2.64. The van der Waals surface area contributed by atoms with Crippen LogP contribution in [0.25, 0.3) is 17.0 Å². The second-order valence-electron chi connectivity index (χ2n) is 5.14. The molecule has 0 bridgehead atoms. The van der Waals surface area contributed by atoms with E-state index in [4.69, 9.17) is 0 Å². The molecule has 0 atom stereocenters. The van der Waals surface area contributed by atoms with E-state index in [1.54, 1.807) is 12.3 Å². The summed E-state index contributed by atoms with van der Waals surface area (Å²) in [7, 11) is 0. The first kappa shape index (κ1) is 15.5. The summed E-state index contributed by atoms with van der Waals surface area (Å²) in [5.74, 6) is 5.76. The lowest BCUT2D eigenvalue weighted by Crippen LogP contribution is -2.20. The van der Waals surface area contributed by atoms with E-state index in [2.05, 4.69) is 22.1 Å². The fourth-order valence-corrected chi connectivity index (χ4v) is 2.29. The van der Waals surface area contributed by atoms with Crippen molar-refractivity contribution in [1.82, 2.24) is 10.3 Å². The number of nitrogens with zero attached hydrogens (tertiary/aromatic N) is 1. The molecular formula is C21H16N2O. The number of hydrogen-bond acceptors (Lipinski definition) is 2. The highest BCUT2D eigenvalue weighted by molar-refractivity contribution is 5.95. The number of pyridine rings is 1.